The second-order valence-electron chi connectivity index (χ2n) is 5.54. The van der Waals surface area contributed by atoms with E-state index in [1.54, 1.807) is 0 Å². The second-order valence-corrected chi connectivity index (χ2v) is 5.54. The van der Waals surface area contributed by atoms with Gasteiger partial charge in [0.15, 0.2) is 0 Å². The van der Waals surface area contributed by atoms with Gasteiger partial charge in [0.25, 0.3) is 0 Å². The summed E-state index contributed by atoms with van der Waals surface area (Å²) >= 11 is 0. The van der Waals surface area contributed by atoms with Crippen LogP contribution in [0.5, 0.6) is 0 Å². The first-order valence-corrected chi connectivity index (χ1v) is 6.29. The number of nitrogens with zero attached hydrogens (tertiary/aromatic N) is 2. The van der Waals surface area contributed by atoms with Crippen LogP contribution in [0.2, 0.25) is 0 Å². The summed E-state index contributed by atoms with van der Waals surface area (Å²) in [6.45, 7) is 6.42. The van der Waals surface area contributed by atoms with E-state index in [0.29, 0.717) is 5.92 Å². The fourth-order valence-electron chi connectivity index (χ4n) is 2.39. The van der Waals surface area contributed by atoms with Crippen LogP contribution in [0.25, 0.3) is 5.52 Å². The lowest BCUT2D eigenvalue weighted by Gasteiger charge is -2.11. The molecule has 2 aromatic heterocycles. The number of rotatable bonds is 2. The van der Waals surface area contributed by atoms with Crippen LogP contribution in [0, 0.1) is 6.92 Å². The van der Waals surface area contributed by atoms with Gasteiger partial charge in [-0.1, -0.05) is 19.9 Å². The van der Waals surface area contributed by atoms with Crippen molar-refractivity contribution in [2.75, 3.05) is 0 Å². The summed E-state index contributed by atoms with van der Waals surface area (Å²) in [5.74, 6) is 1.56. The minimum atomic E-state index is -0.0688. The number of nitrogens with two attached hydrogens (primary N) is 1. The molecule has 0 unspecified atom stereocenters. The smallest absolute Gasteiger partial charge is 0.116 e. The number of hydrogen-bond donors (Lipinski definition) is 1. The van der Waals surface area contributed by atoms with Crippen LogP contribution in [0.3, 0.4) is 0 Å². The molecule has 0 bridgehead atoms. The van der Waals surface area contributed by atoms with Crippen molar-refractivity contribution in [3.63, 3.8) is 0 Å². The van der Waals surface area contributed by atoms with Crippen molar-refractivity contribution >= 4 is 5.52 Å². The second kappa shape index (κ2) is 3.33. The van der Waals surface area contributed by atoms with Crippen LogP contribution in [0.4, 0.5) is 0 Å². The molecular weight excluding hydrogens is 210 g/mol. The molecule has 0 saturated heterocycles. The highest BCUT2D eigenvalue weighted by Crippen LogP contribution is 2.42. The monoisotopic (exact) mass is 229 g/mol. The minimum Gasteiger partial charge on any atom is -0.321 e. The molecule has 90 valence electrons. The Morgan fingerprint density at radius 3 is 2.65 bits per heavy atom. The standard InChI is InChI=1S/C14H19N3/c1-9(2)13-16-10(3)12-5-4-11(8-17(12)13)14(15)6-7-14/h4-5,8-9H,6-7,15H2,1-3H3. The summed E-state index contributed by atoms with van der Waals surface area (Å²) in [5.41, 5.74) is 9.72. The summed E-state index contributed by atoms with van der Waals surface area (Å²) in [4.78, 5) is 4.65. The Morgan fingerprint density at radius 2 is 2.06 bits per heavy atom. The van der Waals surface area contributed by atoms with Crippen LogP contribution < -0.4 is 5.73 Å². The van der Waals surface area contributed by atoms with E-state index in [0.717, 1.165) is 24.4 Å². The SMILES string of the molecule is Cc1nc(C(C)C)n2cc(C3(N)CC3)ccc12. The Kier molecular flexibility index (Phi) is 2.11. The predicted octanol–water partition coefficient (Wildman–Crippen LogP) is 2.71. The van der Waals surface area contributed by atoms with Crippen LogP contribution in [-0.2, 0) is 5.54 Å². The van der Waals surface area contributed by atoms with Crippen molar-refractivity contribution in [3.05, 3.63) is 35.4 Å². The van der Waals surface area contributed by atoms with E-state index >= 15 is 0 Å². The van der Waals surface area contributed by atoms with Gasteiger partial charge in [0, 0.05) is 17.7 Å². The maximum atomic E-state index is 6.26. The predicted molar refractivity (Wildman–Crippen MR) is 69.1 cm³/mol. The van der Waals surface area contributed by atoms with E-state index in [4.69, 9.17) is 5.73 Å². The van der Waals surface area contributed by atoms with Crippen molar-refractivity contribution < 1.29 is 0 Å². The van der Waals surface area contributed by atoms with Crippen molar-refractivity contribution in [2.45, 2.75) is 45.1 Å². The van der Waals surface area contributed by atoms with Gasteiger partial charge >= 0.3 is 0 Å². The summed E-state index contributed by atoms with van der Waals surface area (Å²) in [7, 11) is 0. The lowest BCUT2D eigenvalue weighted by Crippen LogP contribution is -2.19. The van der Waals surface area contributed by atoms with Crippen molar-refractivity contribution in [2.24, 2.45) is 5.73 Å². The molecule has 3 heteroatoms. The molecule has 0 amide bonds. The van der Waals surface area contributed by atoms with Gasteiger partial charge < -0.3 is 10.1 Å². The molecule has 1 aliphatic carbocycles. The molecule has 2 aromatic rings. The third-order valence-corrected chi connectivity index (χ3v) is 3.73. The van der Waals surface area contributed by atoms with Crippen LogP contribution in [0.15, 0.2) is 18.3 Å². The summed E-state index contributed by atoms with van der Waals surface area (Å²) in [6.07, 6.45) is 4.38. The molecule has 3 nitrogen and oxygen atoms in total. The molecule has 2 N–H and O–H groups in total. The first kappa shape index (κ1) is 10.8. The number of fused-ring (bicyclic) bond motifs is 1. The Bertz CT molecular complexity index is 576. The maximum Gasteiger partial charge on any atom is 0.116 e. The first-order valence-electron chi connectivity index (χ1n) is 6.29. The van der Waals surface area contributed by atoms with E-state index in [1.807, 2.05) is 0 Å². The summed E-state index contributed by atoms with van der Waals surface area (Å²) in [6, 6.07) is 4.30. The Morgan fingerprint density at radius 1 is 1.35 bits per heavy atom. The number of pyridine rings is 1. The highest BCUT2D eigenvalue weighted by molar-refractivity contribution is 5.54. The number of aromatic nitrogens is 2. The first-order chi connectivity index (χ1) is 8.01. The Labute approximate surface area is 102 Å². The number of imidazole rings is 1. The fourth-order valence-corrected chi connectivity index (χ4v) is 2.39. The summed E-state index contributed by atoms with van der Waals surface area (Å²) in [5, 5.41) is 0. The van der Waals surface area contributed by atoms with Crippen LogP contribution in [0.1, 0.15) is 49.7 Å². The van der Waals surface area contributed by atoms with Crippen molar-refractivity contribution in [1.82, 2.24) is 9.38 Å². The molecule has 0 atom stereocenters. The zero-order chi connectivity index (χ0) is 12.2. The molecule has 1 aliphatic rings. The highest BCUT2D eigenvalue weighted by Gasteiger charge is 2.40. The molecule has 2 heterocycles. The van der Waals surface area contributed by atoms with Crippen molar-refractivity contribution in [3.8, 4) is 0 Å². The zero-order valence-electron chi connectivity index (χ0n) is 10.7. The van der Waals surface area contributed by atoms with Crippen molar-refractivity contribution in [1.29, 1.82) is 0 Å². The molecule has 0 spiro atoms. The zero-order valence-corrected chi connectivity index (χ0v) is 10.7. The van der Waals surface area contributed by atoms with E-state index in [2.05, 4.69) is 48.5 Å². The van der Waals surface area contributed by atoms with Gasteiger partial charge in [0.05, 0.1) is 11.2 Å². The quantitative estimate of drug-likeness (QED) is 0.860. The van der Waals surface area contributed by atoms with Gasteiger partial charge in [-0.2, -0.15) is 0 Å². The molecule has 1 saturated carbocycles. The fraction of sp³-hybridized carbons (Fsp3) is 0.500. The average molecular weight is 229 g/mol. The third kappa shape index (κ3) is 1.57. The van der Waals surface area contributed by atoms with E-state index in [1.165, 1.54) is 11.1 Å². The largest absolute Gasteiger partial charge is 0.321 e. The van der Waals surface area contributed by atoms with E-state index in [-0.39, 0.29) is 5.54 Å². The lowest BCUT2D eigenvalue weighted by atomic mass is 10.1. The van der Waals surface area contributed by atoms with Gasteiger partial charge in [-0.05, 0) is 31.4 Å². The molecule has 1 fully saturated rings. The highest BCUT2D eigenvalue weighted by atomic mass is 15.0. The average Bonchev–Trinajstić information content (AvgIpc) is 2.95. The van der Waals surface area contributed by atoms with Gasteiger partial charge in [-0.25, -0.2) is 4.98 Å². The molecule has 0 radical (unpaired) electrons. The van der Waals surface area contributed by atoms with E-state index < -0.39 is 0 Å². The van der Waals surface area contributed by atoms with Crippen LogP contribution >= 0.6 is 0 Å². The van der Waals surface area contributed by atoms with Gasteiger partial charge in [0.1, 0.15) is 5.82 Å². The maximum absolute atomic E-state index is 6.26. The molecule has 3 rings (SSSR count). The van der Waals surface area contributed by atoms with Gasteiger partial charge in [0.2, 0.25) is 0 Å². The lowest BCUT2D eigenvalue weighted by molar-refractivity contribution is 0.720. The van der Waals surface area contributed by atoms with Gasteiger partial charge in [-0.3, -0.25) is 0 Å². The topological polar surface area (TPSA) is 43.3 Å². The molecule has 17 heavy (non-hydrogen) atoms. The summed E-state index contributed by atoms with van der Waals surface area (Å²) < 4.78 is 2.21. The molecule has 0 aliphatic heterocycles. The third-order valence-electron chi connectivity index (χ3n) is 3.73. The molecular formula is C14H19N3. The normalized spacial score (nSPS) is 17.9. The minimum absolute atomic E-state index is 0.0688. The van der Waals surface area contributed by atoms with Crippen LogP contribution in [-0.4, -0.2) is 9.38 Å². The van der Waals surface area contributed by atoms with E-state index in [9.17, 15) is 0 Å². The molecule has 0 aromatic carbocycles. The number of aryl methyl sites for hydroxylation is 1. The number of hydrogen-bond acceptors (Lipinski definition) is 2. The van der Waals surface area contributed by atoms with Gasteiger partial charge in [-0.15, -0.1) is 0 Å². The Hall–Kier alpha value is -1.35. The Balaban J connectivity index is 2.23.